The number of fused-ring (bicyclic) bond motifs is 2. The van der Waals surface area contributed by atoms with Gasteiger partial charge >= 0.3 is 0 Å². The van der Waals surface area contributed by atoms with Crippen LogP contribution >= 0.6 is 0 Å². The van der Waals surface area contributed by atoms with Crippen LogP contribution in [0, 0.1) is 0 Å². The average molecular weight is 350 g/mol. The predicted octanol–water partition coefficient (Wildman–Crippen LogP) is -1.51. The number of β-amino-alcohol motifs (C(OH)–C–C–N with tert-alkyl or cyclic N) is 1. The summed E-state index contributed by atoms with van der Waals surface area (Å²) in [5.41, 5.74) is -0.658. The lowest BCUT2D eigenvalue weighted by atomic mass is 9.83. The Kier molecular flexibility index (Phi) is 4.09. The Morgan fingerprint density at radius 2 is 1.96 bits per heavy atom. The van der Waals surface area contributed by atoms with Gasteiger partial charge in [0.05, 0.1) is 12.1 Å². The molecule has 25 heavy (non-hydrogen) atoms. The molecule has 0 saturated carbocycles. The number of hydrogen-bond donors (Lipinski definition) is 1. The van der Waals surface area contributed by atoms with Gasteiger partial charge in [-0.3, -0.25) is 24.2 Å². The van der Waals surface area contributed by atoms with Gasteiger partial charge in [-0.25, -0.2) is 0 Å². The van der Waals surface area contributed by atoms with Crippen LogP contribution in [0.3, 0.4) is 0 Å². The third kappa shape index (κ3) is 2.58. The molecule has 0 aromatic heterocycles. The molecule has 1 N–H and O–H groups in total. The fourth-order valence-electron chi connectivity index (χ4n) is 4.91. The molecule has 0 aromatic carbocycles. The molecule has 4 aliphatic heterocycles. The lowest BCUT2D eigenvalue weighted by Crippen LogP contribution is -2.81. The van der Waals surface area contributed by atoms with Crippen LogP contribution in [0.5, 0.6) is 0 Å². The minimum Gasteiger partial charge on any atom is -0.392 e. The number of hydrogen-bond acceptors (Lipinski definition) is 6. The van der Waals surface area contributed by atoms with Crippen molar-refractivity contribution in [3.05, 3.63) is 0 Å². The Labute approximate surface area is 147 Å². The molecule has 8 nitrogen and oxygen atoms in total. The van der Waals surface area contributed by atoms with E-state index in [1.807, 2.05) is 16.8 Å². The number of piperazine rings is 1. The van der Waals surface area contributed by atoms with Crippen LogP contribution in [0.2, 0.25) is 0 Å². The topological polar surface area (TPSA) is 84.4 Å². The smallest absolute Gasteiger partial charge is 0.252 e. The third-order valence-corrected chi connectivity index (χ3v) is 6.07. The molecule has 4 saturated heterocycles. The number of carbonyl (C=O) groups is 3. The zero-order chi connectivity index (χ0) is 17.8. The Morgan fingerprint density at radius 1 is 1.20 bits per heavy atom. The largest absolute Gasteiger partial charge is 0.392 e. The molecule has 0 aromatic rings. The number of imide groups is 1. The SMILES string of the molecule is CN1CC2(C1)C(=O)N(CCCN1CCCC1=O)C(=O)C1CC(O)CN12. The van der Waals surface area contributed by atoms with Gasteiger partial charge < -0.3 is 14.9 Å². The van der Waals surface area contributed by atoms with Gasteiger partial charge in [-0.15, -0.1) is 0 Å². The minimum atomic E-state index is -0.658. The number of aliphatic hydroxyl groups is 1. The van der Waals surface area contributed by atoms with Gasteiger partial charge in [-0.1, -0.05) is 0 Å². The lowest BCUT2D eigenvalue weighted by Gasteiger charge is -2.57. The van der Waals surface area contributed by atoms with Crippen molar-refractivity contribution in [2.24, 2.45) is 0 Å². The van der Waals surface area contributed by atoms with Crippen molar-refractivity contribution in [1.82, 2.24) is 19.6 Å². The van der Waals surface area contributed by atoms with Crippen LogP contribution in [0.4, 0.5) is 0 Å². The maximum atomic E-state index is 13.1. The Hall–Kier alpha value is -1.51. The van der Waals surface area contributed by atoms with Crippen molar-refractivity contribution in [3.63, 3.8) is 0 Å². The molecule has 4 aliphatic rings. The highest BCUT2D eigenvalue weighted by atomic mass is 16.3. The van der Waals surface area contributed by atoms with E-state index in [2.05, 4.69) is 4.90 Å². The van der Waals surface area contributed by atoms with Gasteiger partial charge in [0.15, 0.2) is 0 Å². The van der Waals surface area contributed by atoms with Gasteiger partial charge in [-0.05, 0) is 26.3 Å². The molecule has 0 bridgehead atoms. The first-order valence-electron chi connectivity index (χ1n) is 9.19. The first kappa shape index (κ1) is 16.9. The number of rotatable bonds is 4. The summed E-state index contributed by atoms with van der Waals surface area (Å²) in [6, 6.07) is -0.394. The number of nitrogens with zero attached hydrogens (tertiary/aromatic N) is 4. The van der Waals surface area contributed by atoms with Crippen molar-refractivity contribution in [1.29, 1.82) is 0 Å². The van der Waals surface area contributed by atoms with Gasteiger partial charge in [-0.2, -0.15) is 0 Å². The van der Waals surface area contributed by atoms with Crippen LogP contribution < -0.4 is 0 Å². The van der Waals surface area contributed by atoms with Crippen LogP contribution in [0.1, 0.15) is 25.7 Å². The molecular formula is C17H26N4O4. The first-order chi connectivity index (χ1) is 11.9. The predicted molar refractivity (Wildman–Crippen MR) is 88.5 cm³/mol. The number of carbonyl (C=O) groups excluding carboxylic acids is 3. The average Bonchev–Trinajstić information content (AvgIpc) is 3.12. The van der Waals surface area contributed by atoms with E-state index < -0.39 is 17.7 Å². The van der Waals surface area contributed by atoms with Crippen LogP contribution in [-0.4, -0.2) is 106 Å². The molecule has 4 rings (SSSR count). The Bertz CT molecular complexity index is 603. The zero-order valence-corrected chi connectivity index (χ0v) is 14.7. The third-order valence-electron chi connectivity index (χ3n) is 6.07. The van der Waals surface area contributed by atoms with Crippen LogP contribution in [0.15, 0.2) is 0 Å². The summed E-state index contributed by atoms with van der Waals surface area (Å²) in [5.74, 6) is -0.151. The summed E-state index contributed by atoms with van der Waals surface area (Å²) < 4.78 is 0. The summed E-state index contributed by atoms with van der Waals surface area (Å²) >= 11 is 0. The summed E-state index contributed by atoms with van der Waals surface area (Å²) in [6.07, 6.45) is 1.96. The fourth-order valence-corrected chi connectivity index (χ4v) is 4.91. The van der Waals surface area contributed by atoms with E-state index in [1.165, 1.54) is 4.90 Å². The molecule has 8 heteroatoms. The number of aliphatic hydroxyl groups excluding tert-OH is 1. The van der Waals surface area contributed by atoms with E-state index in [9.17, 15) is 19.5 Å². The van der Waals surface area contributed by atoms with Gasteiger partial charge in [0.25, 0.3) is 5.91 Å². The van der Waals surface area contributed by atoms with Gasteiger partial charge in [0, 0.05) is 45.7 Å². The molecule has 2 unspecified atom stereocenters. The quantitative estimate of drug-likeness (QED) is 0.621. The number of likely N-dealkylation sites (N-methyl/N-ethyl adjacent to an activating group) is 1. The summed E-state index contributed by atoms with van der Waals surface area (Å²) in [5, 5.41) is 10.0. The van der Waals surface area contributed by atoms with E-state index in [-0.39, 0.29) is 17.7 Å². The van der Waals surface area contributed by atoms with Crippen molar-refractivity contribution >= 4 is 17.7 Å². The van der Waals surface area contributed by atoms with E-state index in [0.29, 0.717) is 52.0 Å². The second-order valence-electron chi connectivity index (χ2n) is 7.89. The molecule has 2 atom stereocenters. The maximum absolute atomic E-state index is 13.1. The number of likely N-dealkylation sites (tertiary alicyclic amines) is 2. The highest BCUT2D eigenvalue weighted by Gasteiger charge is 2.63. The molecular weight excluding hydrogens is 324 g/mol. The van der Waals surface area contributed by atoms with E-state index in [0.717, 1.165) is 13.0 Å². The first-order valence-corrected chi connectivity index (χ1v) is 9.19. The minimum absolute atomic E-state index is 0.131. The summed E-state index contributed by atoms with van der Waals surface area (Å²) in [6.45, 7) is 3.32. The molecule has 3 amide bonds. The second kappa shape index (κ2) is 6.03. The Balaban J connectivity index is 1.46. The molecule has 1 spiro atoms. The van der Waals surface area contributed by atoms with Gasteiger partial charge in [0.1, 0.15) is 5.54 Å². The maximum Gasteiger partial charge on any atom is 0.252 e. The molecule has 0 aliphatic carbocycles. The van der Waals surface area contributed by atoms with E-state index in [4.69, 9.17) is 0 Å². The lowest BCUT2D eigenvalue weighted by molar-refractivity contribution is -0.178. The van der Waals surface area contributed by atoms with Gasteiger partial charge in [0.2, 0.25) is 11.8 Å². The second-order valence-corrected chi connectivity index (χ2v) is 7.89. The molecule has 0 radical (unpaired) electrons. The van der Waals surface area contributed by atoms with Crippen molar-refractivity contribution in [2.75, 3.05) is 46.3 Å². The number of amides is 3. The molecule has 138 valence electrons. The Morgan fingerprint density at radius 3 is 2.60 bits per heavy atom. The van der Waals surface area contributed by atoms with Crippen molar-refractivity contribution in [3.8, 4) is 0 Å². The molecule has 4 fully saturated rings. The van der Waals surface area contributed by atoms with Crippen LogP contribution in [0.25, 0.3) is 0 Å². The highest BCUT2D eigenvalue weighted by Crippen LogP contribution is 2.39. The van der Waals surface area contributed by atoms with E-state index >= 15 is 0 Å². The molecule has 4 heterocycles. The van der Waals surface area contributed by atoms with Crippen molar-refractivity contribution in [2.45, 2.75) is 43.4 Å². The fraction of sp³-hybridized carbons (Fsp3) is 0.824. The standard InChI is InChI=1S/C17H26N4O4/c1-18-10-17(11-18)16(25)20(7-3-6-19-5-2-4-14(19)23)15(24)13-8-12(22)9-21(13)17/h12-13,22H,2-11H2,1H3. The summed E-state index contributed by atoms with van der Waals surface area (Å²) in [7, 11) is 1.96. The normalized spacial score (nSPS) is 32.6. The van der Waals surface area contributed by atoms with Crippen LogP contribution in [-0.2, 0) is 14.4 Å². The van der Waals surface area contributed by atoms with Crippen molar-refractivity contribution < 1.29 is 19.5 Å². The highest BCUT2D eigenvalue weighted by molar-refractivity contribution is 6.06. The zero-order valence-electron chi connectivity index (χ0n) is 14.7. The monoisotopic (exact) mass is 350 g/mol. The van der Waals surface area contributed by atoms with E-state index in [1.54, 1.807) is 0 Å². The summed E-state index contributed by atoms with van der Waals surface area (Å²) in [4.78, 5) is 44.8.